The Morgan fingerprint density at radius 2 is 2.05 bits per heavy atom. The average molecular weight is 511 g/mol. The largest absolute Gasteiger partial charge is 0.497 e. The van der Waals surface area contributed by atoms with Crippen molar-refractivity contribution >= 4 is 16.9 Å². The van der Waals surface area contributed by atoms with Crippen LogP contribution in [0.25, 0.3) is 10.9 Å². The Labute approximate surface area is 214 Å². The number of ether oxygens (including phenoxy) is 1. The number of hydrogen-bond acceptors (Lipinski definition) is 4. The van der Waals surface area contributed by atoms with E-state index in [-0.39, 0.29) is 30.2 Å². The zero-order chi connectivity index (χ0) is 26.4. The summed E-state index contributed by atoms with van der Waals surface area (Å²) in [6, 6.07) is 10.3. The minimum atomic E-state index is -1.21. The van der Waals surface area contributed by atoms with Crippen molar-refractivity contribution in [3.8, 4) is 17.6 Å². The summed E-state index contributed by atoms with van der Waals surface area (Å²) >= 11 is 0. The first-order valence-corrected chi connectivity index (χ1v) is 12.3. The molecule has 37 heavy (non-hydrogen) atoms. The molecule has 1 aliphatic heterocycles. The fourth-order valence-corrected chi connectivity index (χ4v) is 5.04. The van der Waals surface area contributed by atoms with Crippen LogP contribution in [0, 0.1) is 35.3 Å². The van der Waals surface area contributed by atoms with Gasteiger partial charge in [0.25, 0.3) is 0 Å². The molecule has 2 aromatic carbocycles. The van der Waals surface area contributed by atoms with E-state index in [0.29, 0.717) is 48.3 Å². The van der Waals surface area contributed by atoms with Gasteiger partial charge in [0.2, 0.25) is 0 Å². The fourth-order valence-electron chi connectivity index (χ4n) is 5.04. The maximum Gasteiger partial charge on any atom is 0.303 e. The number of benzene rings is 2. The van der Waals surface area contributed by atoms with E-state index in [9.17, 15) is 18.7 Å². The number of carbonyl (C=O) groups is 1. The molecule has 5 nitrogen and oxygen atoms in total. The molecular weight excluding hydrogens is 481 g/mol. The van der Waals surface area contributed by atoms with Crippen LogP contribution in [0.3, 0.4) is 0 Å². The van der Waals surface area contributed by atoms with Crippen LogP contribution in [0.15, 0.2) is 48.7 Å². The number of carboxylic acid groups (broad SMARTS) is 1. The highest BCUT2D eigenvalue weighted by atomic mass is 19.1. The van der Waals surface area contributed by atoms with Crippen LogP contribution < -0.4 is 4.74 Å². The van der Waals surface area contributed by atoms with Gasteiger partial charge >= 0.3 is 5.97 Å². The van der Waals surface area contributed by atoms with Crippen LogP contribution in [0.4, 0.5) is 13.2 Å². The first kappa shape index (κ1) is 26.5. The number of rotatable bonds is 8. The van der Waals surface area contributed by atoms with Gasteiger partial charge in [0.1, 0.15) is 23.6 Å². The van der Waals surface area contributed by atoms with Crippen LogP contribution in [-0.2, 0) is 4.79 Å². The molecule has 8 heteroatoms. The maximum absolute atomic E-state index is 15.4. The number of methoxy groups -OCH3 is 1. The van der Waals surface area contributed by atoms with Crippen LogP contribution in [0.5, 0.6) is 5.75 Å². The van der Waals surface area contributed by atoms with E-state index in [1.807, 2.05) is 4.90 Å². The van der Waals surface area contributed by atoms with Crippen molar-refractivity contribution in [2.24, 2.45) is 11.8 Å². The molecule has 2 heterocycles. The van der Waals surface area contributed by atoms with Crippen LogP contribution in [0.1, 0.15) is 43.0 Å². The summed E-state index contributed by atoms with van der Waals surface area (Å²) in [5.74, 6) is 3.93. The third-order valence-corrected chi connectivity index (χ3v) is 6.98. The maximum atomic E-state index is 15.4. The number of aliphatic carboxylic acids is 1. The molecule has 0 spiro atoms. The topological polar surface area (TPSA) is 62.7 Å². The van der Waals surface area contributed by atoms with Gasteiger partial charge in [-0.3, -0.25) is 14.7 Å². The molecule has 0 aliphatic carbocycles. The van der Waals surface area contributed by atoms with Gasteiger partial charge in [0.15, 0.2) is 0 Å². The Hall–Kier alpha value is -3.57. The summed E-state index contributed by atoms with van der Waals surface area (Å²) in [6.45, 7) is 1.55. The predicted octanol–water partition coefficient (Wildman–Crippen LogP) is 5.78. The zero-order valence-corrected chi connectivity index (χ0v) is 20.6. The van der Waals surface area contributed by atoms with Gasteiger partial charge in [-0.2, -0.15) is 0 Å². The molecule has 1 aliphatic rings. The van der Waals surface area contributed by atoms with Crippen LogP contribution in [-0.4, -0.2) is 47.7 Å². The number of halogens is 3. The number of hydrogen-bond donors (Lipinski definition) is 1. The standard InChI is InChI=1S/C29H29F3N2O3/c1-37-23-7-9-28-25(17-23)24(10-12-33-28)26(31)8-5-19-11-14-34(18-21(19)15-29(35)36)13-2-3-20-4-6-22(30)16-27(20)32/h4,6-7,9-10,12,16-17,19,21,26H,5,8,11,13-15,18H2,1H3,(H,35,36)/t19-,21+,26?/m1/s1. The SMILES string of the molecule is COc1ccc2nccc(C(F)CC[C@@H]3CCN(CC#Cc4ccc(F)cc4F)C[C@@H]3CC(=O)O)c2c1. The Bertz CT molecular complexity index is 1320. The van der Waals surface area contributed by atoms with Gasteiger partial charge in [-0.15, -0.1) is 0 Å². The number of likely N-dealkylation sites (tertiary alicyclic amines) is 1. The summed E-state index contributed by atoms with van der Waals surface area (Å²) in [7, 11) is 1.56. The second-order valence-corrected chi connectivity index (χ2v) is 9.40. The minimum Gasteiger partial charge on any atom is -0.497 e. The zero-order valence-electron chi connectivity index (χ0n) is 20.6. The number of carboxylic acids is 1. The molecule has 4 rings (SSSR count). The molecule has 194 valence electrons. The monoisotopic (exact) mass is 510 g/mol. The first-order valence-electron chi connectivity index (χ1n) is 12.3. The van der Waals surface area contributed by atoms with Crippen molar-refractivity contribution in [1.82, 2.24) is 9.88 Å². The average Bonchev–Trinajstić information content (AvgIpc) is 2.88. The van der Waals surface area contributed by atoms with E-state index in [2.05, 4.69) is 16.8 Å². The van der Waals surface area contributed by atoms with E-state index in [1.54, 1.807) is 37.6 Å². The summed E-state index contributed by atoms with van der Waals surface area (Å²) in [6.07, 6.45) is 1.95. The van der Waals surface area contributed by atoms with E-state index >= 15 is 4.39 Å². The van der Waals surface area contributed by atoms with E-state index in [0.717, 1.165) is 18.6 Å². The molecule has 1 aromatic heterocycles. The van der Waals surface area contributed by atoms with Gasteiger partial charge in [0.05, 0.1) is 24.7 Å². The Balaban J connectivity index is 1.39. The number of piperidine rings is 1. The third-order valence-electron chi connectivity index (χ3n) is 6.98. The second-order valence-electron chi connectivity index (χ2n) is 9.40. The lowest BCUT2D eigenvalue weighted by molar-refractivity contribution is -0.139. The molecule has 1 unspecified atom stereocenters. The van der Waals surface area contributed by atoms with Gasteiger partial charge in [-0.1, -0.05) is 11.8 Å². The van der Waals surface area contributed by atoms with Crippen molar-refractivity contribution < 1.29 is 27.8 Å². The quantitative estimate of drug-likeness (QED) is 0.390. The van der Waals surface area contributed by atoms with Gasteiger partial charge in [-0.25, -0.2) is 13.2 Å². The van der Waals surface area contributed by atoms with E-state index < -0.39 is 23.8 Å². The molecule has 0 radical (unpaired) electrons. The first-order chi connectivity index (χ1) is 17.8. The Morgan fingerprint density at radius 1 is 1.22 bits per heavy atom. The van der Waals surface area contributed by atoms with Gasteiger partial charge < -0.3 is 9.84 Å². The van der Waals surface area contributed by atoms with Crippen molar-refractivity contribution in [2.75, 3.05) is 26.7 Å². The molecule has 1 saturated heterocycles. The number of aromatic nitrogens is 1. The van der Waals surface area contributed by atoms with E-state index in [4.69, 9.17) is 4.74 Å². The molecule has 0 amide bonds. The van der Waals surface area contributed by atoms with Crippen LogP contribution >= 0.6 is 0 Å². The lowest BCUT2D eigenvalue weighted by Gasteiger charge is -2.37. The molecule has 1 N–H and O–H groups in total. The molecule has 0 saturated carbocycles. The lowest BCUT2D eigenvalue weighted by atomic mass is 9.79. The van der Waals surface area contributed by atoms with Crippen molar-refractivity contribution in [3.63, 3.8) is 0 Å². The third kappa shape index (κ3) is 6.80. The fraction of sp³-hybridized carbons (Fsp3) is 0.379. The predicted molar refractivity (Wildman–Crippen MR) is 135 cm³/mol. The summed E-state index contributed by atoms with van der Waals surface area (Å²) in [4.78, 5) is 17.9. The van der Waals surface area contributed by atoms with Gasteiger partial charge in [0, 0.05) is 30.6 Å². The second kappa shape index (κ2) is 12.1. The number of pyridine rings is 1. The normalized spacial score (nSPS) is 18.7. The highest BCUT2D eigenvalue weighted by Crippen LogP contribution is 2.36. The summed E-state index contributed by atoms with van der Waals surface area (Å²) in [5.41, 5.74) is 1.37. The number of fused-ring (bicyclic) bond motifs is 1. The molecular formula is C29H29F3N2O3. The molecule has 1 fully saturated rings. The Morgan fingerprint density at radius 3 is 2.81 bits per heavy atom. The highest BCUT2D eigenvalue weighted by molar-refractivity contribution is 5.83. The number of alkyl halides is 1. The minimum absolute atomic E-state index is 0.00642. The summed E-state index contributed by atoms with van der Waals surface area (Å²) < 4.78 is 47.6. The van der Waals surface area contributed by atoms with Crippen molar-refractivity contribution in [2.45, 2.75) is 31.9 Å². The Kier molecular flexibility index (Phi) is 8.67. The van der Waals surface area contributed by atoms with Gasteiger partial charge in [-0.05, 0) is 79.6 Å². The van der Waals surface area contributed by atoms with Crippen molar-refractivity contribution in [1.29, 1.82) is 0 Å². The highest BCUT2D eigenvalue weighted by Gasteiger charge is 2.31. The molecule has 3 atom stereocenters. The number of nitrogens with zero attached hydrogens (tertiary/aromatic N) is 2. The van der Waals surface area contributed by atoms with E-state index in [1.165, 1.54) is 6.07 Å². The lowest BCUT2D eigenvalue weighted by Crippen LogP contribution is -2.41. The smallest absolute Gasteiger partial charge is 0.303 e. The molecule has 3 aromatic rings. The van der Waals surface area contributed by atoms with Crippen molar-refractivity contribution in [3.05, 3.63) is 71.4 Å². The summed E-state index contributed by atoms with van der Waals surface area (Å²) in [5, 5.41) is 10.2. The van der Waals surface area contributed by atoms with Crippen LogP contribution in [0.2, 0.25) is 0 Å². The molecule has 0 bridgehead atoms.